The summed E-state index contributed by atoms with van der Waals surface area (Å²) in [6, 6.07) is 5.97. The highest BCUT2D eigenvalue weighted by Crippen LogP contribution is 2.17. The van der Waals surface area contributed by atoms with Gasteiger partial charge < -0.3 is 10.2 Å². The number of benzene rings is 1. The largest absolute Gasteiger partial charge is 0.333 e. The van der Waals surface area contributed by atoms with Crippen LogP contribution in [-0.4, -0.2) is 51.2 Å². The van der Waals surface area contributed by atoms with Crippen LogP contribution >= 0.6 is 12.4 Å². The summed E-state index contributed by atoms with van der Waals surface area (Å²) >= 11 is 0. The highest BCUT2D eigenvalue weighted by atomic mass is 35.5. The van der Waals surface area contributed by atoms with E-state index in [0.717, 1.165) is 36.4 Å². The van der Waals surface area contributed by atoms with Gasteiger partial charge in [-0.15, -0.1) is 12.4 Å². The lowest BCUT2D eigenvalue weighted by molar-refractivity contribution is 0.0655. The maximum Gasteiger partial charge on any atom is 0.254 e. The number of aryl methyl sites for hydroxylation is 1. The van der Waals surface area contributed by atoms with Gasteiger partial charge in [0.25, 0.3) is 5.91 Å². The Labute approximate surface area is 135 Å². The van der Waals surface area contributed by atoms with E-state index in [1.54, 1.807) is 11.0 Å². The van der Waals surface area contributed by atoms with Crippen molar-refractivity contribution in [3.8, 4) is 5.69 Å². The summed E-state index contributed by atoms with van der Waals surface area (Å²) in [6.45, 7) is 6.49. The first-order valence-corrected chi connectivity index (χ1v) is 7.14. The SMILES string of the molecule is Cc1cc(-n2cncn2)ccc1C(=O)N1CCNC[C@H]1C.Cl. The predicted molar refractivity (Wildman–Crippen MR) is 86.7 cm³/mol. The van der Waals surface area contributed by atoms with Crippen LogP contribution in [0.25, 0.3) is 5.69 Å². The summed E-state index contributed by atoms with van der Waals surface area (Å²) in [5.41, 5.74) is 2.63. The van der Waals surface area contributed by atoms with Crippen molar-refractivity contribution in [2.24, 2.45) is 0 Å². The lowest BCUT2D eigenvalue weighted by Gasteiger charge is -2.34. The van der Waals surface area contributed by atoms with Crippen LogP contribution in [0.5, 0.6) is 0 Å². The molecule has 3 rings (SSSR count). The van der Waals surface area contributed by atoms with Crippen molar-refractivity contribution in [3.63, 3.8) is 0 Å². The number of amides is 1. The van der Waals surface area contributed by atoms with E-state index in [4.69, 9.17) is 0 Å². The summed E-state index contributed by atoms with van der Waals surface area (Å²) in [5, 5.41) is 7.41. The number of piperazine rings is 1. The molecule has 0 bridgehead atoms. The van der Waals surface area contributed by atoms with Crippen molar-refractivity contribution in [1.29, 1.82) is 0 Å². The molecule has 1 atom stereocenters. The van der Waals surface area contributed by atoms with Crippen LogP contribution in [0.4, 0.5) is 0 Å². The Morgan fingerprint density at radius 2 is 2.23 bits per heavy atom. The van der Waals surface area contributed by atoms with Gasteiger partial charge in [0, 0.05) is 31.2 Å². The first-order chi connectivity index (χ1) is 10.2. The first-order valence-electron chi connectivity index (χ1n) is 7.14. The average Bonchev–Trinajstić information content (AvgIpc) is 3.01. The number of nitrogens with one attached hydrogen (secondary N) is 1. The van der Waals surface area contributed by atoms with Crippen molar-refractivity contribution in [2.75, 3.05) is 19.6 Å². The maximum atomic E-state index is 12.7. The van der Waals surface area contributed by atoms with Crippen LogP contribution in [-0.2, 0) is 0 Å². The fourth-order valence-corrected chi connectivity index (χ4v) is 2.67. The summed E-state index contributed by atoms with van der Waals surface area (Å²) < 4.78 is 1.69. The number of carbonyl (C=O) groups is 1. The Bertz CT molecular complexity index is 643. The molecule has 1 N–H and O–H groups in total. The molecule has 1 saturated heterocycles. The molecule has 1 aromatic carbocycles. The highest BCUT2D eigenvalue weighted by Gasteiger charge is 2.25. The molecular formula is C15H20ClN5O. The third-order valence-corrected chi connectivity index (χ3v) is 3.89. The third-order valence-electron chi connectivity index (χ3n) is 3.89. The molecule has 1 aromatic heterocycles. The van der Waals surface area contributed by atoms with Gasteiger partial charge in [-0.25, -0.2) is 9.67 Å². The van der Waals surface area contributed by atoms with E-state index in [2.05, 4.69) is 22.3 Å². The Morgan fingerprint density at radius 3 is 2.86 bits per heavy atom. The second-order valence-electron chi connectivity index (χ2n) is 5.39. The van der Waals surface area contributed by atoms with E-state index >= 15 is 0 Å². The number of hydrogen-bond acceptors (Lipinski definition) is 4. The lowest BCUT2D eigenvalue weighted by atomic mass is 10.0. The zero-order chi connectivity index (χ0) is 14.8. The van der Waals surface area contributed by atoms with Crippen molar-refractivity contribution in [1.82, 2.24) is 25.0 Å². The zero-order valence-corrected chi connectivity index (χ0v) is 13.5. The van der Waals surface area contributed by atoms with Gasteiger partial charge in [-0.2, -0.15) is 5.10 Å². The minimum atomic E-state index is 0. The number of carbonyl (C=O) groups excluding carboxylic acids is 1. The standard InChI is InChI=1S/C15H19N5O.ClH/c1-11-7-13(20-10-17-9-18-20)3-4-14(11)15(21)19-6-5-16-8-12(19)2;/h3-4,7,9-10,12,16H,5-6,8H2,1-2H3;1H/t12-;/m1./s1. The second kappa shape index (κ2) is 6.89. The van der Waals surface area contributed by atoms with Gasteiger partial charge in [0.2, 0.25) is 0 Å². The molecule has 0 spiro atoms. The van der Waals surface area contributed by atoms with Crippen molar-refractivity contribution < 1.29 is 4.79 Å². The molecule has 22 heavy (non-hydrogen) atoms. The molecule has 1 fully saturated rings. The molecule has 118 valence electrons. The van der Waals surface area contributed by atoms with Crippen LogP contribution in [0.1, 0.15) is 22.8 Å². The normalized spacial score (nSPS) is 17.9. The van der Waals surface area contributed by atoms with Crippen LogP contribution in [0.2, 0.25) is 0 Å². The van der Waals surface area contributed by atoms with Crippen LogP contribution in [0.15, 0.2) is 30.9 Å². The summed E-state index contributed by atoms with van der Waals surface area (Å²) in [4.78, 5) is 18.6. The van der Waals surface area contributed by atoms with E-state index in [1.165, 1.54) is 6.33 Å². The van der Waals surface area contributed by atoms with Gasteiger partial charge in [0.15, 0.2) is 0 Å². The van der Waals surface area contributed by atoms with E-state index in [9.17, 15) is 4.79 Å². The average molecular weight is 322 g/mol. The minimum Gasteiger partial charge on any atom is -0.333 e. The molecule has 7 heteroatoms. The molecule has 0 radical (unpaired) electrons. The van der Waals surface area contributed by atoms with Crippen molar-refractivity contribution in [3.05, 3.63) is 42.0 Å². The summed E-state index contributed by atoms with van der Waals surface area (Å²) in [7, 11) is 0. The fourth-order valence-electron chi connectivity index (χ4n) is 2.67. The van der Waals surface area contributed by atoms with Gasteiger partial charge in [-0.05, 0) is 37.6 Å². The number of rotatable bonds is 2. The van der Waals surface area contributed by atoms with Gasteiger partial charge >= 0.3 is 0 Å². The fraction of sp³-hybridized carbons (Fsp3) is 0.400. The van der Waals surface area contributed by atoms with E-state index in [1.807, 2.05) is 30.0 Å². The van der Waals surface area contributed by atoms with E-state index in [-0.39, 0.29) is 24.4 Å². The Kier molecular flexibility index (Phi) is 5.15. The van der Waals surface area contributed by atoms with Crippen molar-refractivity contribution >= 4 is 18.3 Å². The maximum absolute atomic E-state index is 12.7. The summed E-state index contributed by atoms with van der Waals surface area (Å²) in [6.07, 6.45) is 3.14. The van der Waals surface area contributed by atoms with E-state index < -0.39 is 0 Å². The monoisotopic (exact) mass is 321 g/mol. The molecule has 1 aliphatic rings. The van der Waals surface area contributed by atoms with Gasteiger partial charge in [-0.3, -0.25) is 4.79 Å². The zero-order valence-electron chi connectivity index (χ0n) is 12.7. The number of aromatic nitrogens is 3. The van der Waals surface area contributed by atoms with Crippen LogP contribution < -0.4 is 5.32 Å². The van der Waals surface area contributed by atoms with E-state index in [0.29, 0.717) is 0 Å². The summed E-state index contributed by atoms with van der Waals surface area (Å²) in [5.74, 6) is 0.103. The quantitative estimate of drug-likeness (QED) is 0.909. The van der Waals surface area contributed by atoms with Gasteiger partial charge in [0.05, 0.1) is 5.69 Å². The number of halogens is 1. The molecule has 0 unspecified atom stereocenters. The smallest absolute Gasteiger partial charge is 0.254 e. The molecule has 1 amide bonds. The molecule has 1 aliphatic heterocycles. The Hall–Kier alpha value is -1.92. The first kappa shape index (κ1) is 16.5. The Balaban J connectivity index is 0.00000176. The number of nitrogens with zero attached hydrogens (tertiary/aromatic N) is 4. The topological polar surface area (TPSA) is 63.1 Å². The molecular weight excluding hydrogens is 302 g/mol. The van der Waals surface area contributed by atoms with Crippen LogP contribution in [0.3, 0.4) is 0 Å². The Morgan fingerprint density at radius 1 is 1.41 bits per heavy atom. The molecule has 2 aromatic rings. The molecule has 6 nitrogen and oxygen atoms in total. The predicted octanol–water partition coefficient (Wildman–Crippen LogP) is 1.43. The third kappa shape index (κ3) is 3.13. The number of hydrogen-bond donors (Lipinski definition) is 1. The molecule has 2 heterocycles. The highest BCUT2D eigenvalue weighted by molar-refractivity contribution is 5.96. The lowest BCUT2D eigenvalue weighted by Crippen LogP contribution is -2.52. The van der Waals surface area contributed by atoms with Gasteiger partial charge in [-0.1, -0.05) is 0 Å². The molecule has 0 saturated carbocycles. The van der Waals surface area contributed by atoms with Gasteiger partial charge in [0.1, 0.15) is 12.7 Å². The van der Waals surface area contributed by atoms with Crippen LogP contribution in [0, 0.1) is 6.92 Å². The minimum absolute atomic E-state index is 0. The second-order valence-corrected chi connectivity index (χ2v) is 5.39. The molecule has 0 aliphatic carbocycles. The van der Waals surface area contributed by atoms with Crippen molar-refractivity contribution in [2.45, 2.75) is 19.9 Å².